The van der Waals surface area contributed by atoms with Crippen molar-refractivity contribution >= 4 is 34.7 Å². The van der Waals surface area contributed by atoms with Gasteiger partial charge >= 0.3 is 12.4 Å². The summed E-state index contributed by atoms with van der Waals surface area (Å²) in [5, 5.41) is 7.96. The highest BCUT2D eigenvalue weighted by Crippen LogP contribution is 2.37. The summed E-state index contributed by atoms with van der Waals surface area (Å²) in [6, 6.07) is 18.5. The van der Waals surface area contributed by atoms with Gasteiger partial charge in [-0.1, -0.05) is 55.9 Å². The number of ether oxygens (including phenoxy) is 2. The van der Waals surface area contributed by atoms with Crippen LogP contribution in [-0.2, 0) is 0 Å². The Morgan fingerprint density at radius 3 is 2.45 bits per heavy atom. The Hall–Kier alpha value is -4.78. The molecule has 2 amide bonds. The summed E-state index contributed by atoms with van der Waals surface area (Å²) < 4.78 is 48.2. The molecule has 0 aliphatic carbocycles. The molecule has 4 aromatic rings. The van der Waals surface area contributed by atoms with E-state index in [1.807, 2.05) is 42.5 Å². The van der Waals surface area contributed by atoms with Gasteiger partial charge in [0.25, 0.3) is 0 Å². The van der Waals surface area contributed by atoms with Gasteiger partial charge in [-0.2, -0.15) is 4.99 Å². The average molecular weight is 665 g/mol. The molecule has 9 nitrogen and oxygen atoms in total. The normalized spacial score (nSPS) is 16.4. The van der Waals surface area contributed by atoms with Crippen LogP contribution in [0.25, 0.3) is 23.2 Å². The summed E-state index contributed by atoms with van der Waals surface area (Å²) in [6.45, 7) is 8.22. The van der Waals surface area contributed by atoms with Crippen molar-refractivity contribution in [1.82, 2.24) is 20.1 Å². The highest BCUT2D eigenvalue weighted by molar-refractivity contribution is 8.14. The van der Waals surface area contributed by atoms with Crippen LogP contribution >= 0.6 is 11.8 Å². The van der Waals surface area contributed by atoms with Gasteiger partial charge in [0.15, 0.2) is 11.0 Å². The molecule has 1 aliphatic heterocycles. The van der Waals surface area contributed by atoms with Crippen LogP contribution in [0.5, 0.6) is 11.5 Å². The van der Waals surface area contributed by atoms with Gasteiger partial charge in [-0.05, 0) is 73.7 Å². The van der Waals surface area contributed by atoms with Gasteiger partial charge in [0.05, 0.1) is 18.5 Å². The van der Waals surface area contributed by atoms with E-state index in [0.717, 1.165) is 40.3 Å². The number of amidine groups is 1. The zero-order valence-corrected chi connectivity index (χ0v) is 27.4. The summed E-state index contributed by atoms with van der Waals surface area (Å²) in [6.07, 6.45) is -0.481. The highest BCUT2D eigenvalue weighted by atomic mass is 32.2. The van der Waals surface area contributed by atoms with E-state index in [4.69, 9.17) is 4.74 Å². The maximum Gasteiger partial charge on any atom is 0.573 e. The molecule has 0 radical (unpaired) electrons. The fourth-order valence-electron chi connectivity index (χ4n) is 5.10. The molecule has 1 aromatic heterocycles. The number of hydrogen-bond acceptors (Lipinski definition) is 6. The zero-order valence-electron chi connectivity index (χ0n) is 26.6. The molecule has 1 fully saturated rings. The minimum absolute atomic E-state index is 0.155. The largest absolute Gasteiger partial charge is 0.573 e. The summed E-state index contributed by atoms with van der Waals surface area (Å²) in [5.74, 6) is 2.01. The van der Waals surface area contributed by atoms with Crippen LogP contribution in [-0.4, -0.2) is 51.2 Å². The number of alkyl halides is 3. The minimum atomic E-state index is -4.76. The van der Waals surface area contributed by atoms with E-state index in [0.29, 0.717) is 22.4 Å². The smallest absolute Gasteiger partial charge is 0.497 e. The standard InChI is InChI=1S/C34H35F3N6O3S/c1-21(2)29-15-14-28(45-5)19-30(29)43-23(4)16-17-47-33(43)40-32(44)39-22(3)18-24-6-8-25(9-7-24)31-38-20-42(41-31)26-10-12-27(13-11-26)46-34(35,36)37/h6-15,18-21,23H,16-17H2,1-5H3,(H,39,44)/b22-18+,40-33-. The highest BCUT2D eigenvalue weighted by Gasteiger charge is 2.31. The maximum atomic E-state index is 13.1. The molecular formula is C34H35F3N6O3S. The van der Waals surface area contributed by atoms with E-state index in [9.17, 15) is 18.0 Å². The Kier molecular flexibility index (Phi) is 10.2. The van der Waals surface area contributed by atoms with E-state index < -0.39 is 12.4 Å². The zero-order chi connectivity index (χ0) is 33.7. The molecule has 47 heavy (non-hydrogen) atoms. The molecule has 0 spiro atoms. The number of thioether (sulfide) groups is 1. The fourth-order valence-corrected chi connectivity index (χ4v) is 6.31. The number of anilines is 1. The van der Waals surface area contributed by atoms with E-state index in [1.54, 1.807) is 25.8 Å². The molecule has 1 saturated heterocycles. The third-order valence-electron chi connectivity index (χ3n) is 7.41. The van der Waals surface area contributed by atoms with E-state index >= 15 is 0 Å². The molecule has 13 heteroatoms. The lowest BCUT2D eigenvalue weighted by atomic mass is 9.99. The molecule has 2 heterocycles. The first-order valence-corrected chi connectivity index (χ1v) is 15.9. The second-order valence-electron chi connectivity index (χ2n) is 11.3. The number of hydrogen-bond donors (Lipinski definition) is 1. The number of carbonyl (C=O) groups is 1. The maximum absolute atomic E-state index is 13.1. The van der Waals surface area contributed by atoms with Crippen molar-refractivity contribution < 1.29 is 27.4 Å². The van der Waals surface area contributed by atoms with Crippen molar-refractivity contribution in [2.24, 2.45) is 4.99 Å². The SMILES string of the molecule is COc1ccc(C(C)C)c(N2/C(=N/C(=O)N/C(C)=C/c3ccc(-c4ncn(-c5ccc(OC(F)(F)F)cc5)n4)cc3)SCCC2C)c1. The third kappa shape index (κ3) is 8.53. The van der Waals surface area contributed by atoms with Gasteiger partial charge in [0.1, 0.15) is 17.8 Å². The number of amides is 2. The van der Waals surface area contributed by atoms with Crippen LogP contribution in [0.4, 0.5) is 23.7 Å². The first-order chi connectivity index (χ1) is 22.4. The van der Waals surface area contributed by atoms with Crippen LogP contribution in [0.15, 0.2) is 83.7 Å². The number of halogens is 3. The Bertz CT molecular complexity index is 1770. The Morgan fingerprint density at radius 2 is 1.79 bits per heavy atom. The second-order valence-corrected chi connectivity index (χ2v) is 12.3. The number of carbonyl (C=O) groups excluding carboxylic acids is 1. The van der Waals surface area contributed by atoms with Gasteiger partial charge < -0.3 is 19.7 Å². The number of nitrogens with one attached hydrogen (secondary N) is 1. The number of rotatable bonds is 8. The van der Waals surface area contributed by atoms with Crippen LogP contribution < -0.4 is 19.7 Å². The predicted octanol–water partition coefficient (Wildman–Crippen LogP) is 8.42. The monoisotopic (exact) mass is 664 g/mol. The van der Waals surface area contributed by atoms with Crippen LogP contribution in [0.1, 0.15) is 51.2 Å². The van der Waals surface area contributed by atoms with Crippen LogP contribution in [0.2, 0.25) is 0 Å². The number of urea groups is 1. The fraction of sp³-hybridized carbons (Fsp3) is 0.294. The predicted molar refractivity (Wildman–Crippen MR) is 179 cm³/mol. The van der Waals surface area contributed by atoms with Crippen molar-refractivity contribution in [2.75, 3.05) is 17.8 Å². The molecule has 1 N–H and O–H groups in total. The van der Waals surface area contributed by atoms with Crippen molar-refractivity contribution in [2.45, 2.75) is 52.4 Å². The Morgan fingerprint density at radius 1 is 1.09 bits per heavy atom. The summed E-state index contributed by atoms with van der Waals surface area (Å²) in [5.41, 5.74) is 4.89. The number of aliphatic imine (C=N–C) groups is 1. The third-order valence-corrected chi connectivity index (χ3v) is 8.40. The molecule has 246 valence electrons. The van der Waals surface area contributed by atoms with Gasteiger partial charge in [-0.15, -0.1) is 18.3 Å². The second kappa shape index (κ2) is 14.3. The van der Waals surface area contributed by atoms with E-state index in [2.05, 4.69) is 56.9 Å². The topological polar surface area (TPSA) is 93.9 Å². The lowest BCUT2D eigenvalue weighted by molar-refractivity contribution is -0.274. The molecule has 3 aromatic carbocycles. The van der Waals surface area contributed by atoms with E-state index in [1.165, 1.54) is 35.3 Å². The lowest BCUT2D eigenvalue weighted by Crippen LogP contribution is -2.42. The molecule has 5 rings (SSSR count). The molecule has 0 saturated carbocycles. The number of nitrogens with zero attached hydrogens (tertiary/aromatic N) is 5. The molecule has 1 unspecified atom stereocenters. The quantitative estimate of drug-likeness (QED) is 0.202. The Balaban J connectivity index is 1.26. The number of benzene rings is 3. The van der Waals surface area contributed by atoms with Crippen molar-refractivity contribution in [3.63, 3.8) is 0 Å². The van der Waals surface area contributed by atoms with Crippen molar-refractivity contribution in [3.8, 4) is 28.6 Å². The number of allylic oxidation sites excluding steroid dienone is 1. The minimum Gasteiger partial charge on any atom is -0.497 e. The Labute approximate surface area is 275 Å². The molecule has 1 aliphatic rings. The van der Waals surface area contributed by atoms with Gasteiger partial charge in [-0.3, -0.25) is 0 Å². The molecule has 0 bridgehead atoms. The average Bonchev–Trinajstić information content (AvgIpc) is 3.51. The number of methoxy groups -OCH3 is 1. The van der Waals surface area contributed by atoms with Crippen molar-refractivity contribution in [3.05, 3.63) is 89.9 Å². The van der Waals surface area contributed by atoms with Gasteiger partial charge in [0, 0.05) is 29.1 Å². The summed E-state index contributed by atoms with van der Waals surface area (Å²) in [7, 11) is 1.64. The van der Waals surface area contributed by atoms with Gasteiger partial charge in [0.2, 0.25) is 0 Å². The lowest BCUT2D eigenvalue weighted by Gasteiger charge is -2.37. The van der Waals surface area contributed by atoms with Crippen LogP contribution in [0, 0.1) is 0 Å². The van der Waals surface area contributed by atoms with Gasteiger partial charge in [-0.25, -0.2) is 14.5 Å². The van der Waals surface area contributed by atoms with E-state index in [-0.39, 0.29) is 17.7 Å². The van der Waals surface area contributed by atoms with Crippen LogP contribution in [0.3, 0.4) is 0 Å². The molecule has 1 atom stereocenters. The number of aromatic nitrogens is 3. The summed E-state index contributed by atoms with van der Waals surface area (Å²) in [4.78, 5) is 24.0. The first kappa shape index (κ1) is 33.6. The van der Waals surface area contributed by atoms with Crippen molar-refractivity contribution in [1.29, 1.82) is 0 Å². The molecular weight excluding hydrogens is 629 g/mol. The first-order valence-electron chi connectivity index (χ1n) is 15.0. The summed E-state index contributed by atoms with van der Waals surface area (Å²) >= 11 is 1.56.